The lowest BCUT2D eigenvalue weighted by molar-refractivity contribution is 0.672. The maximum absolute atomic E-state index is 11.7. The molecule has 0 saturated carbocycles. The predicted octanol–water partition coefficient (Wildman–Crippen LogP) is 1.59. The summed E-state index contributed by atoms with van der Waals surface area (Å²) in [5.41, 5.74) is 7.80. The molecule has 2 atom stereocenters. The summed E-state index contributed by atoms with van der Waals surface area (Å²) in [4.78, 5) is 0. The highest BCUT2D eigenvalue weighted by Gasteiger charge is 2.09. The quantitative estimate of drug-likeness (QED) is 0.822. The molecule has 0 aliphatic heterocycles. The number of aryl methyl sites for hydroxylation is 1. The van der Waals surface area contributed by atoms with E-state index in [2.05, 4.69) is 6.07 Å². The Morgan fingerprint density at radius 3 is 2.79 bits per heavy atom. The lowest BCUT2D eigenvalue weighted by atomic mass is 10.2. The molecule has 0 amide bonds. The van der Waals surface area contributed by atoms with Crippen molar-refractivity contribution < 1.29 is 4.21 Å². The summed E-state index contributed by atoms with van der Waals surface area (Å²) in [5.74, 6) is 0.611. The molecule has 1 rings (SSSR count). The van der Waals surface area contributed by atoms with E-state index >= 15 is 0 Å². The minimum atomic E-state index is -0.849. The summed E-state index contributed by atoms with van der Waals surface area (Å²) in [5, 5.41) is 0.0792. The van der Waals surface area contributed by atoms with Gasteiger partial charge in [0.25, 0.3) is 0 Å². The molecule has 2 unspecified atom stereocenters. The second-order valence-electron chi connectivity index (χ2n) is 3.56. The fourth-order valence-electron chi connectivity index (χ4n) is 1.22. The Morgan fingerprint density at radius 1 is 1.50 bits per heavy atom. The highest BCUT2D eigenvalue weighted by molar-refractivity contribution is 7.84. The van der Waals surface area contributed by atoms with Gasteiger partial charge in [-0.25, -0.2) is 0 Å². The first-order valence-corrected chi connectivity index (χ1v) is 6.14. The SMILES string of the molecule is Cc1cccc(CS(=O)C(C)CN)c1. The van der Waals surface area contributed by atoms with Crippen LogP contribution in [0.2, 0.25) is 0 Å². The molecule has 14 heavy (non-hydrogen) atoms. The van der Waals surface area contributed by atoms with Crippen molar-refractivity contribution in [3.05, 3.63) is 35.4 Å². The molecule has 0 aliphatic rings. The molecule has 0 fully saturated rings. The molecule has 0 spiro atoms. The van der Waals surface area contributed by atoms with Crippen LogP contribution in [0.5, 0.6) is 0 Å². The van der Waals surface area contributed by atoms with Crippen LogP contribution in [-0.4, -0.2) is 16.0 Å². The lowest BCUT2D eigenvalue weighted by Crippen LogP contribution is -2.22. The average Bonchev–Trinajstić information content (AvgIpc) is 2.16. The molecule has 1 aromatic carbocycles. The molecule has 1 aromatic rings. The maximum atomic E-state index is 11.7. The van der Waals surface area contributed by atoms with Gasteiger partial charge in [-0.15, -0.1) is 0 Å². The van der Waals surface area contributed by atoms with Crippen molar-refractivity contribution in [1.29, 1.82) is 0 Å². The van der Waals surface area contributed by atoms with Gasteiger partial charge in [0.1, 0.15) is 0 Å². The fourth-order valence-corrected chi connectivity index (χ4v) is 2.22. The van der Waals surface area contributed by atoms with E-state index in [9.17, 15) is 4.21 Å². The summed E-state index contributed by atoms with van der Waals surface area (Å²) in [7, 11) is -0.849. The Hall–Kier alpha value is -0.670. The summed E-state index contributed by atoms with van der Waals surface area (Å²) >= 11 is 0. The Labute approximate surface area is 88.0 Å². The summed E-state index contributed by atoms with van der Waals surface area (Å²) in [6.45, 7) is 4.45. The topological polar surface area (TPSA) is 43.1 Å². The molecular weight excluding hydrogens is 194 g/mol. The van der Waals surface area contributed by atoms with Gasteiger partial charge in [-0.05, 0) is 19.4 Å². The van der Waals surface area contributed by atoms with Crippen LogP contribution in [0.1, 0.15) is 18.1 Å². The van der Waals surface area contributed by atoms with Crippen molar-refractivity contribution in [1.82, 2.24) is 0 Å². The van der Waals surface area contributed by atoms with Crippen LogP contribution in [0.15, 0.2) is 24.3 Å². The molecule has 78 valence electrons. The van der Waals surface area contributed by atoms with E-state index in [0.29, 0.717) is 12.3 Å². The van der Waals surface area contributed by atoms with Crippen LogP contribution in [0.3, 0.4) is 0 Å². The zero-order chi connectivity index (χ0) is 10.6. The predicted molar refractivity (Wildman–Crippen MR) is 61.5 cm³/mol. The molecular formula is C11H17NOS. The fraction of sp³-hybridized carbons (Fsp3) is 0.455. The minimum Gasteiger partial charge on any atom is -0.329 e. The third-order valence-electron chi connectivity index (χ3n) is 2.17. The molecule has 0 heterocycles. The monoisotopic (exact) mass is 211 g/mol. The van der Waals surface area contributed by atoms with Gasteiger partial charge in [0.05, 0.1) is 0 Å². The molecule has 2 nitrogen and oxygen atoms in total. The number of hydrogen-bond donors (Lipinski definition) is 1. The molecule has 0 aromatic heterocycles. The average molecular weight is 211 g/mol. The normalized spacial score (nSPS) is 15.1. The maximum Gasteiger partial charge on any atom is 0.0488 e. The van der Waals surface area contributed by atoms with Gasteiger partial charge >= 0.3 is 0 Å². The Morgan fingerprint density at radius 2 is 2.21 bits per heavy atom. The third kappa shape index (κ3) is 3.24. The molecule has 3 heteroatoms. The molecule has 0 aliphatic carbocycles. The van der Waals surface area contributed by atoms with Gasteiger partial charge in [0.2, 0.25) is 0 Å². The highest BCUT2D eigenvalue weighted by Crippen LogP contribution is 2.08. The van der Waals surface area contributed by atoms with Crippen molar-refractivity contribution in [3.63, 3.8) is 0 Å². The second-order valence-corrected chi connectivity index (χ2v) is 5.42. The van der Waals surface area contributed by atoms with Crippen LogP contribution in [-0.2, 0) is 16.6 Å². The smallest absolute Gasteiger partial charge is 0.0488 e. The van der Waals surface area contributed by atoms with Crippen molar-refractivity contribution in [2.75, 3.05) is 6.54 Å². The van der Waals surface area contributed by atoms with Gasteiger partial charge in [-0.1, -0.05) is 29.8 Å². The van der Waals surface area contributed by atoms with Crippen molar-refractivity contribution in [2.45, 2.75) is 24.9 Å². The van der Waals surface area contributed by atoms with E-state index in [4.69, 9.17) is 5.73 Å². The number of benzene rings is 1. The minimum absolute atomic E-state index is 0.0792. The van der Waals surface area contributed by atoms with Crippen LogP contribution in [0.4, 0.5) is 0 Å². The van der Waals surface area contributed by atoms with Crippen LogP contribution >= 0.6 is 0 Å². The summed E-state index contributed by atoms with van der Waals surface area (Å²) in [6, 6.07) is 8.11. The molecule has 0 bridgehead atoms. The van der Waals surface area contributed by atoms with Gasteiger partial charge < -0.3 is 5.73 Å². The van der Waals surface area contributed by atoms with Gasteiger partial charge in [-0.3, -0.25) is 4.21 Å². The van der Waals surface area contributed by atoms with Crippen molar-refractivity contribution >= 4 is 10.8 Å². The molecule has 2 N–H and O–H groups in total. The lowest BCUT2D eigenvalue weighted by Gasteiger charge is -2.08. The van der Waals surface area contributed by atoms with Gasteiger partial charge in [0, 0.05) is 28.3 Å². The zero-order valence-electron chi connectivity index (χ0n) is 8.69. The van der Waals surface area contributed by atoms with Crippen molar-refractivity contribution in [3.8, 4) is 0 Å². The van der Waals surface area contributed by atoms with E-state index < -0.39 is 10.8 Å². The molecule has 0 saturated heterocycles. The first-order valence-electron chi connectivity index (χ1n) is 4.76. The standard InChI is InChI=1S/C11H17NOS/c1-9-4-3-5-11(6-9)8-14(13)10(2)7-12/h3-6,10H,7-8,12H2,1-2H3. The largest absolute Gasteiger partial charge is 0.329 e. The first-order chi connectivity index (χ1) is 6.63. The summed E-state index contributed by atoms with van der Waals surface area (Å²) < 4.78 is 11.7. The summed E-state index contributed by atoms with van der Waals surface area (Å²) in [6.07, 6.45) is 0. The Bertz CT molecular complexity index is 325. The Balaban J connectivity index is 2.65. The van der Waals surface area contributed by atoms with E-state index in [1.165, 1.54) is 5.56 Å². The zero-order valence-corrected chi connectivity index (χ0v) is 9.51. The van der Waals surface area contributed by atoms with Crippen LogP contribution in [0, 0.1) is 6.92 Å². The van der Waals surface area contributed by atoms with Gasteiger partial charge in [-0.2, -0.15) is 0 Å². The number of nitrogens with two attached hydrogens (primary N) is 1. The first kappa shape index (κ1) is 11.4. The van der Waals surface area contributed by atoms with E-state index in [0.717, 1.165) is 5.56 Å². The second kappa shape index (κ2) is 5.27. The highest BCUT2D eigenvalue weighted by atomic mass is 32.2. The number of hydrogen-bond acceptors (Lipinski definition) is 2. The van der Waals surface area contributed by atoms with Gasteiger partial charge in [0.15, 0.2) is 0 Å². The van der Waals surface area contributed by atoms with E-state index in [-0.39, 0.29) is 5.25 Å². The van der Waals surface area contributed by atoms with Crippen LogP contribution < -0.4 is 5.73 Å². The van der Waals surface area contributed by atoms with E-state index in [1.807, 2.05) is 32.0 Å². The van der Waals surface area contributed by atoms with Crippen molar-refractivity contribution in [2.24, 2.45) is 5.73 Å². The number of rotatable bonds is 4. The molecule has 0 radical (unpaired) electrons. The third-order valence-corrected chi connectivity index (χ3v) is 3.88. The van der Waals surface area contributed by atoms with E-state index in [1.54, 1.807) is 0 Å². The Kier molecular flexibility index (Phi) is 4.29. The van der Waals surface area contributed by atoms with Crippen LogP contribution in [0.25, 0.3) is 0 Å².